The van der Waals surface area contributed by atoms with E-state index < -0.39 is 23.4 Å². The molecule has 0 spiro atoms. The molecule has 0 saturated carbocycles. The van der Waals surface area contributed by atoms with Crippen molar-refractivity contribution in [3.63, 3.8) is 0 Å². The van der Waals surface area contributed by atoms with E-state index in [9.17, 15) is 14.4 Å². The van der Waals surface area contributed by atoms with Crippen molar-refractivity contribution < 1.29 is 23.9 Å². The van der Waals surface area contributed by atoms with Crippen LogP contribution in [0.2, 0.25) is 0 Å². The Labute approximate surface area is 134 Å². The molecule has 0 N–H and O–H groups in total. The van der Waals surface area contributed by atoms with E-state index in [1.165, 1.54) is 14.2 Å². The Balaban J connectivity index is 2.20. The Kier molecular flexibility index (Phi) is 3.62. The minimum Gasteiger partial charge on any atom is -0.468 e. The molecule has 2 heterocycles. The molecule has 1 saturated heterocycles. The van der Waals surface area contributed by atoms with Gasteiger partial charge in [-0.3, -0.25) is 14.4 Å². The molecule has 1 amide bonds. The number of nitrogens with zero attached hydrogens (tertiary/aromatic N) is 1. The zero-order chi connectivity index (χ0) is 16.8. The monoisotopic (exact) mass is 316 g/mol. The van der Waals surface area contributed by atoms with Crippen molar-refractivity contribution in [2.75, 3.05) is 19.1 Å². The molecule has 6 nitrogen and oxygen atoms in total. The van der Waals surface area contributed by atoms with Gasteiger partial charge in [-0.05, 0) is 18.1 Å². The number of carbonyl (C=O) groups is 3. The Morgan fingerprint density at radius 3 is 2.39 bits per heavy atom. The van der Waals surface area contributed by atoms with Crippen LogP contribution in [-0.4, -0.2) is 38.1 Å². The topological polar surface area (TPSA) is 72.9 Å². The summed E-state index contributed by atoms with van der Waals surface area (Å²) in [5.74, 6) is -0.648. The van der Waals surface area contributed by atoms with Crippen LogP contribution in [0, 0.1) is 11.3 Å². The maximum atomic E-state index is 12.6. The lowest BCUT2D eigenvalue weighted by Gasteiger charge is -2.43. The van der Waals surface area contributed by atoms with Crippen molar-refractivity contribution >= 4 is 23.5 Å². The first-order chi connectivity index (χ1) is 11.0. The highest BCUT2D eigenvalue weighted by molar-refractivity contribution is 6.09. The number of rotatable bonds is 2. The number of carbonyl (C=O) groups excluding carboxylic acids is 3. The Morgan fingerprint density at radius 1 is 1.17 bits per heavy atom. The number of fused-ring (bicyclic) bond motifs is 3. The van der Waals surface area contributed by atoms with Gasteiger partial charge in [0, 0.05) is 18.0 Å². The van der Waals surface area contributed by atoms with Gasteiger partial charge in [0.15, 0.2) is 5.41 Å². The number of hydrogen-bond donors (Lipinski definition) is 0. The summed E-state index contributed by atoms with van der Waals surface area (Å²) in [6, 6.07) is 6.69. The van der Waals surface area contributed by atoms with Crippen molar-refractivity contribution in [3.8, 4) is 0 Å². The van der Waals surface area contributed by atoms with Crippen molar-refractivity contribution in [3.05, 3.63) is 35.7 Å². The second-order valence-electron chi connectivity index (χ2n) is 5.82. The highest BCUT2D eigenvalue weighted by Crippen LogP contribution is 2.52. The summed E-state index contributed by atoms with van der Waals surface area (Å²) in [7, 11) is 2.48. The molecule has 1 aromatic rings. The van der Waals surface area contributed by atoms with Gasteiger partial charge in [-0.15, -0.1) is 0 Å². The SMILES string of the molecule is COC(=O)C1(C(=O)OC)CCC(=O)N2c3ccccc3[C](C)C21. The largest absolute Gasteiger partial charge is 0.468 e. The van der Waals surface area contributed by atoms with Gasteiger partial charge < -0.3 is 14.4 Å². The van der Waals surface area contributed by atoms with Crippen LogP contribution < -0.4 is 4.90 Å². The molecule has 0 aliphatic carbocycles. The number of methoxy groups -OCH3 is 2. The quantitative estimate of drug-likeness (QED) is 0.610. The molecule has 1 aromatic carbocycles. The predicted molar refractivity (Wildman–Crippen MR) is 81.4 cm³/mol. The van der Waals surface area contributed by atoms with Gasteiger partial charge in [-0.25, -0.2) is 0 Å². The fourth-order valence-electron chi connectivity index (χ4n) is 3.80. The van der Waals surface area contributed by atoms with Crippen LogP contribution in [0.1, 0.15) is 25.3 Å². The van der Waals surface area contributed by atoms with Gasteiger partial charge in [-0.2, -0.15) is 0 Å². The van der Waals surface area contributed by atoms with Crippen LogP contribution in [0.25, 0.3) is 0 Å². The van der Waals surface area contributed by atoms with Gasteiger partial charge in [0.05, 0.1) is 20.3 Å². The third-order valence-corrected chi connectivity index (χ3v) is 4.82. The second-order valence-corrected chi connectivity index (χ2v) is 5.82. The molecule has 0 bridgehead atoms. The lowest BCUT2D eigenvalue weighted by atomic mass is 9.69. The summed E-state index contributed by atoms with van der Waals surface area (Å²) >= 11 is 0. The van der Waals surface area contributed by atoms with Crippen LogP contribution in [0.4, 0.5) is 5.69 Å². The van der Waals surface area contributed by atoms with E-state index in [-0.39, 0.29) is 18.7 Å². The highest BCUT2D eigenvalue weighted by Gasteiger charge is 2.64. The zero-order valence-corrected chi connectivity index (χ0v) is 13.3. The van der Waals surface area contributed by atoms with E-state index >= 15 is 0 Å². The van der Waals surface area contributed by atoms with E-state index in [0.717, 1.165) is 17.2 Å². The van der Waals surface area contributed by atoms with Crippen LogP contribution >= 0.6 is 0 Å². The molecule has 1 atom stereocenters. The van der Waals surface area contributed by atoms with E-state index in [1.54, 1.807) is 4.90 Å². The summed E-state index contributed by atoms with van der Waals surface area (Å²) in [5, 5.41) is 0. The number of ether oxygens (including phenoxy) is 2. The number of para-hydroxylation sites is 1. The molecule has 23 heavy (non-hydrogen) atoms. The molecule has 1 radical (unpaired) electrons. The van der Waals surface area contributed by atoms with Crippen LogP contribution in [0.15, 0.2) is 24.3 Å². The minimum atomic E-state index is -1.53. The average Bonchev–Trinajstić information content (AvgIpc) is 2.89. The van der Waals surface area contributed by atoms with Gasteiger partial charge in [0.2, 0.25) is 5.91 Å². The molecule has 1 unspecified atom stereocenters. The van der Waals surface area contributed by atoms with Gasteiger partial charge in [0.1, 0.15) is 0 Å². The third-order valence-electron chi connectivity index (χ3n) is 4.82. The standard InChI is InChI=1S/C17H18NO5/c1-10-11-6-4-5-7-12(11)18-13(19)8-9-17(14(10)18,15(20)22-2)16(21)23-3/h4-7,14H,8-9H2,1-3H3. The first-order valence-corrected chi connectivity index (χ1v) is 7.40. The Morgan fingerprint density at radius 2 is 1.78 bits per heavy atom. The van der Waals surface area contributed by atoms with E-state index in [1.807, 2.05) is 31.2 Å². The lowest BCUT2D eigenvalue weighted by molar-refractivity contribution is -0.172. The Hall–Kier alpha value is -2.37. The maximum Gasteiger partial charge on any atom is 0.325 e. The van der Waals surface area contributed by atoms with E-state index in [0.29, 0.717) is 0 Å². The van der Waals surface area contributed by atoms with Crippen molar-refractivity contribution in [1.82, 2.24) is 0 Å². The number of benzene rings is 1. The van der Waals surface area contributed by atoms with Crippen LogP contribution in [-0.2, 0) is 23.9 Å². The van der Waals surface area contributed by atoms with Crippen molar-refractivity contribution in [2.45, 2.75) is 25.8 Å². The second kappa shape index (κ2) is 5.37. The smallest absolute Gasteiger partial charge is 0.325 e. The molecule has 3 rings (SSSR count). The molecule has 0 aromatic heterocycles. The number of hydrogen-bond acceptors (Lipinski definition) is 5. The predicted octanol–water partition coefficient (Wildman–Crippen LogP) is 1.47. The van der Waals surface area contributed by atoms with Gasteiger partial charge in [0.25, 0.3) is 0 Å². The minimum absolute atomic E-state index is 0.0810. The van der Waals surface area contributed by atoms with E-state index in [4.69, 9.17) is 9.47 Å². The third kappa shape index (κ3) is 1.90. The number of anilines is 1. The molecule has 2 aliphatic rings. The summed E-state index contributed by atoms with van der Waals surface area (Å²) in [4.78, 5) is 39.2. The average molecular weight is 316 g/mol. The van der Waals surface area contributed by atoms with Gasteiger partial charge in [-0.1, -0.05) is 25.1 Å². The summed E-state index contributed by atoms with van der Waals surface area (Å²) in [5.41, 5.74) is 0.0577. The first kappa shape index (κ1) is 15.5. The molecular weight excluding hydrogens is 298 g/mol. The normalized spacial score (nSPS) is 22.3. The maximum absolute atomic E-state index is 12.6. The van der Waals surface area contributed by atoms with Gasteiger partial charge >= 0.3 is 11.9 Å². The fourth-order valence-corrected chi connectivity index (χ4v) is 3.80. The zero-order valence-electron chi connectivity index (χ0n) is 13.3. The molecule has 1 fully saturated rings. The lowest BCUT2D eigenvalue weighted by Crippen LogP contribution is -2.62. The van der Waals surface area contributed by atoms with Crippen LogP contribution in [0.5, 0.6) is 0 Å². The molecule has 2 aliphatic heterocycles. The fraction of sp³-hybridized carbons (Fsp3) is 0.412. The number of esters is 2. The highest BCUT2D eigenvalue weighted by atomic mass is 16.5. The number of piperidine rings is 1. The number of amides is 1. The molecule has 6 heteroatoms. The molecular formula is C17H18NO5. The van der Waals surface area contributed by atoms with E-state index in [2.05, 4.69) is 0 Å². The molecule has 121 valence electrons. The Bertz CT molecular complexity index is 667. The van der Waals surface area contributed by atoms with Crippen molar-refractivity contribution in [1.29, 1.82) is 0 Å². The summed E-state index contributed by atoms with van der Waals surface area (Å²) < 4.78 is 9.83. The summed E-state index contributed by atoms with van der Waals surface area (Å²) in [6.45, 7) is 1.84. The van der Waals surface area contributed by atoms with Crippen LogP contribution in [0.3, 0.4) is 0 Å². The van der Waals surface area contributed by atoms with Crippen molar-refractivity contribution in [2.24, 2.45) is 5.41 Å². The summed E-state index contributed by atoms with van der Waals surface area (Å²) in [6.07, 6.45) is 0.167. The first-order valence-electron chi connectivity index (χ1n) is 7.40.